The maximum atomic E-state index is 12.0. The minimum Gasteiger partial charge on any atom is -0.479 e. The number of hydrogen-bond acceptors (Lipinski definition) is 9. The van der Waals surface area contributed by atoms with Crippen molar-refractivity contribution >= 4 is 23.7 Å². The van der Waals surface area contributed by atoms with E-state index in [4.69, 9.17) is 24.2 Å². The summed E-state index contributed by atoms with van der Waals surface area (Å²) in [5.41, 5.74) is 0.892. The molecule has 2 unspecified atom stereocenters. The molecule has 2 atom stereocenters. The molecule has 0 radical (unpaired) electrons. The molecule has 0 N–H and O–H groups in total. The summed E-state index contributed by atoms with van der Waals surface area (Å²) in [6, 6.07) is 14.5. The van der Waals surface area contributed by atoms with E-state index in [2.05, 4.69) is 4.99 Å². The van der Waals surface area contributed by atoms with Crippen molar-refractivity contribution in [2.24, 2.45) is 4.99 Å². The van der Waals surface area contributed by atoms with Crippen LogP contribution in [0.25, 0.3) is 0 Å². The maximum Gasteiger partial charge on any atom is 0.347 e. The van der Waals surface area contributed by atoms with Crippen molar-refractivity contribution in [1.82, 2.24) is 0 Å². The predicted octanol–water partition coefficient (Wildman–Crippen LogP) is 2.85. The summed E-state index contributed by atoms with van der Waals surface area (Å²) in [4.78, 5) is 37.6. The van der Waals surface area contributed by atoms with Crippen LogP contribution in [0, 0.1) is 11.3 Å². The summed E-state index contributed by atoms with van der Waals surface area (Å²) in [7, 11) is 0. The average Bonchev–Trinajstić information content (AvgIpc) is 2.78. The Morgan fingerprint density at radius 2 is 1.32 bits per heavy atom. The van der Waals surface area contributed by atoms with E-state index in [0.29, 0.717) is 22.7 Å². The van der Waals surface area contributed by atoms with Crippen LogP contribution in [0.2, 0.25) is 0 Å². The minimum atomic E-state index is -0.894. The number of benzene rings is 2. The molecule has 0 amide bonds. The molecule has 2 aromatic rings. The summed E-state index contributed by atoms with van der Waals surface area (Å²) in [5.74, 6) is -0.433. The summed E-state index contributed by atoms with van der Waals surface area (Å²) >= 11 is 0. The second-order valence-electron chi connectivity index (χ2n) is 6.19. The van der Waals surface area contributed by atoms with Gasteiger partial charge in [0, 0.05) is 0 Å². The fourth-order valence-corrected chi connectivity index (χ4v) is 2.28. The van der Waals surface area contributed by atoms with Gasteiger partial charge in [0.05, 0.1) is 17.3 Å². The highest BCUT2D eigenvalue weighted by molar-refractivity contribution is 5.75. The summed E-state index contributed by atoms with van der Waals surface area (Å²) in [6.45, 7) is 2.75. The number of isocyanates is 1. The molecule has 0 aromatic heterocycles. The molecule has 160 valence electrons. The lowest BCUT2D eigenvalue weighted by Gasteiger charge is -2.15. The number of nitrogens with zero attached hydrogens (tertiary/aromatic N) is 2. The van der Waals surface area contributed by atoms with Crippen molar-refractivity contribution in [2.45, 2.75) is 26.1 Å². The van der Waals surface area contributed by atoms with Gasteiger partial charge in [-0.05, 0) is 62.4 Å². The first kappa shape index (κ1) is 23.1. The first-order valence-electron chi connectivity index (χ1n) is 9.27. The number of carbonyl (C=O) groups is 2. The van der Waals surface area contributed by atoms with Gasteiger partial charge in [-0.3, -0.25) is 0 Å². The van der Waals surface area contributed by atoms with Crippen molar-refractivity contribution in [1.29, 1.82) is 5.26 Å². The van der Waals surface area contributed by atoms with E-state index < -0.39 is 24.1 Å². The topological polar surface area (TPSA) is 124 Å². The second-order valence-corrected chi connectivity index (χ2v) is 6.19. The Morgan fingerprint density at radius 3 is 1.74 bits per heavy atom. The highest BCUT2D eigenvalue weighted by Crippen LogP contribution is 2.19. The van der Waals surface area contributed by atoms with Crippen LogP contribution in [0.5, 0.6) is 11.5 Å². The van der Waals surface area contributed by atoms with E-state index in [0.717, 1.165) is 0 Å². The molecule has 9 nitrogen and oxygen atoms in total. The number of nitriles is 1. The lowest BCUT2D eigenvalue weighted by Crippen LogP contribution is -2.29. The summed E-state index contributed by atoms with van der Waals surface area (Å²) in [6.07, 6.45) is -0.343. The highest BCUT2D eigenvalue weighted by Gasteiger charge is 2.19. The Labute approximate surface area is 178 Å². The molecule has 2 aromatic carbocycles. The Bertz CT molecular complexity index is 974. The van der Waals surface area contributed by atoms with Gasteiger partial charge in [-0.1, -0.05) is 0 Å². The third kappa shape index (κ3) is 7.65. The van der Waals surface area contributed by atoms with E-state index >= 15 is 0 Å². The lowest BCUT2D eigenvalue weighted by molar-refractivity contribution is -0.159. The maximum absolute atomic E-state index is 12.0. The van der Waals surface area contributed by atoms with Crippen molar-refractivity contribution < 1.29 is 33.3 Å². The van der Waals surface area contributed by atoms with E-state index in [1.807, 2.05) is 6.07 Å². The standard InChI is InChI=1S/C22H20N2O7/c1-15(30-19-7-3-17(13-23)4-8-19)21(26)28-11-12-29-22(27)16(2)31-20-9-5-18(6-10-20)24-14-25/h3-10,15-16H,11-12H2,1-2H3. The third-order valence-corrected chi connectivity index (χ3v) is 3.86. The van der Waals surface area contributed by atoms with E-state index in [9.17, 15) is 14.4 Å². The molecule has 0 bridgehead atoms. The molecule has 2 rings (SSSR count). The van der Waals surface area contributed by atoms with Crippen LogP contribution in [0.3, 0.4) is 0 Å². The van der Waals surface area contributed by atoms with Crippen LogP contribution in [0.1, 0.15) is 19.4 Å². The molecule has 0 saturated heterocycles. The fourth-order valence-electron chi connectivity index (χ4n) is 2.28. The van der Waals surface area contributed by atoms with E-state index in [1.54, 1.807) is 48.5 Å². The monoisotopic (exact) mass is 424 g/mol. The SMILES string of the molecule is CC(Oc1ccc(C#N)cc1)C(=O)OCCOC(=O)C(C)Oc1ccc(N=C=O)cc1. The van der Waals surface area contributed by atoms with Crippen molar-refractivity contribution in [3.8, 4) is 17.6 Å². The van der Waals surface area contributed by atoms with Crippen LogP contribution in [0.15, 0.2) is 53.5 Å². The van der Waals surface area contributed by atoms with Gasteiger partial charge in [-0.2, -0.15) is 10.3 Å². The Morgan fingerprint density at radius 1 is 0.871 bits per heavy atom. The highest BCUT2D eigenvalue weighted by atomic mass is 16.6. The zero-order valence-corrected chi connectivity index (χ0v) is 16.9. The van der Waals surface area contributed by atoms with Gasteiger partial charge in [-0.25, -0.2) is 14.4 Å². The fraction of sp³-hybridized carbons (Fsp3) is 0.273. The zero-order chi connectivity index (χ0) is 22.6. The average molecular weight is 424 g/mol. The van der Waals surface area contributed by atoms with Crippen molar-refractivity contribution in [3.05, 3.63) is 54.1 Å². The first-order valence-corrected chi connectivity index (χ1v) is 9.27. The van der Waals surface area contributed by atoms with Crippen LogP contribution in [0.4, 0.5) is 5.69 Å². The van der Waals surface area contributed by atoms with Crippen LogP contribution >= 0.6 is 0 Å². The Hall–Kier alpha value is -4.15. The van der Waals surface area contributed by atoms with Crippen LogP contribution in [-0.2, 0) is 23.9 Å². The van der Waals surface area contributed by atoms with Gasteiger partial charge in [0.2, 0.25) is 6.08 Å². The third-order valence-electron chi connectivity index (χ3n) is 3.86. The van der Waals surface area contributed by atoms with Crippen molar-refractivity contribution in [3.63, 3.8) is 0 Å². The molecular formula is C22H20N2O7. The molecular weight excluding hydrogens is 404 g/mol. The van der Waals surface area contributed by atoms with Gasteiger partial charge in [0.1, 0.15) is 24.7 Å². The molecule has 0 heterocycles. The Balaban J connectivity index is 1.69. The number of hydrogen-bond donors (Lipinski definition) is 0. The summed E-state index contributed by atoms with van der Waals surface area (Å²) < 4.78 is 20.9. The summed E-state index contributed by atoms with van der Waals surface area (Å²) in [5, 5.41) is 8.77. The van der Waals surface area contributed by atoms with Gasteiger partial charge in [-0.15, -0.1) is 0 Å². The first-order chi connectivity index (χ1) is 14.9. The second kappa shape index (κ2) is 11.8. The zero-order valence-electron chi connectivity index (χ0n) is 16.9. The number of carbonyl (C=O) groups excluding carboxylic acids is 3. The van der Waals surface area contributed by atoms with Gasteiger partial charge in [0.25, 0.3) is 0 Å². The molecule has 0 spiro atoms. The molecule has 9 heteroatoms. The predicted molar refractivity (Wildman–Crippen MR) is 107 cm³/mol. The molecule has 0 aliphatic heterocycles. The smallest absolute Gasteiger partial charge is 0.347 e. The van der Waals surface area contributed by atoms with Crippen LogP contribution < -0.4 is 9.47 Å². The van der Waals surface area contributed by atoms with Gasteiger partial charge < -0.3 is 18.9 Å². The number of aliphatic imine (C=N–C) groups is 1. The lowest BCUT2D eigenvalue weighted by atomic mass is 10.2. The number of esters is 2. The number of rotatable bonds is 10. The quantitative estimate of drug-likeness (QED) is 0.247. The van der Waals surface area contributed by atoms with E-state index in [-0.39, 0.29) is 13.2 Å². The molecule has 0 aliphatic carbocycles. The minimum absolute atomic E-state index is 0.142. The molecule has 0 fully saturated rings. The van der Waals surface area contributed by atoms with Gasteiger partial charge in [0.15, 0.2) is 12.2 Å². The molecule has 31 heavy (non-hydrogen) atoms. The van der Waals surface area contributed by atoms with Crippen molar-refractivity contribution in [2.75, 3.05) is 13.2 Å². The number of ether oxygens (including phenoxy) is 4. The van der Waals surface area contributed by atoms with Crippen LogP contribution in [-0.4, -0.2) is 43.4 Å². The Kier molecular flexibility index (Phi) is 8.77. The largest absolute Gasteiger partial charge is 0.479 e. The molecule has 0 aliphatic rings. The normalized spacial score (nSPS) is 11.8. The van der Waals surface area contributed by atoms with Gasteiger partial charge >= 0.3 is 11.9 Å². The molecule has 0 saturated carbocycles. The van der Waals surface area contributed by atoms with E-state index in [1.165, 1.54) is 19.9 Å².